The Balaban J connectivity index is 1.69. The summed E-state index contributed by atoms with van der Waals surface area (Å²) >= 11 is 0. The molecule has 0 aliphatic carbocycles. The number of fused-ring (bicyclic) bond motifs is 1. The summed E-state index contributed by atoms with van der Waals surface area (Å²) in [5.41, 5.74) is 2.40. The van der Waals surface area contributed by atoms with Crippen molar-refractivity contribution in [1.29, 1.82) is 0 Å². The van der Waals surface area contributed by atoms with Crippen molar-refractivity contribution in [2.24, 2.45) is 0 Å². The predicted molar refractivity (Wildman–Crippen MR) is 123 cm³/mol. The zero-order valence-corrected chi connectivity index (χ0v) is 19.1. The monoisotopic (exact) mass is 491 g/mol. The molecule has 0 saturated heterocycles. The average molecular weight is 491 g/mol. The Kier molecular flexibility index (Phi) is 6.53. The highest BCUT2D eigenvalue weighted by Gasteiger charge is 2.31. The topological polar surface area (TPSA) is 21.1 Å². The summed E-state index contributed by atoms with van der Waals surface area (Å²) in [6, 6.07) is 15.6. The molecule has 0 unspecified atom stereocenters. The van der Waals surface area contributed by atoms with Crippen molar-refractivity contribution in [3.8, 4) is 0 Å². The van der Waals surface area contributed by atoms with Crippen molar-refractivity contribution in [2.45, 2.75) is 45.8 Å². The van der Waals surface area contributed by atoms with E-state index in [4.69, 9.17) is 0 Å². The number of hydrogen-bond acceptors (Lipinski definition) is 2. The molecule has 0 spiro atoms. The first-order valence-electron chi connectivity index (χ1n) is 11.0. The number of nitrogens with zero attached hydrogens (tertiary/aromatic N) is 3. The Morgan fingerprint density at radius 2 is 1.23 bits per heavy atom. The number of alkyl halides is 6. The van der Waals surface area contributed by atoms with E-state index in [1.54, 1.807) is 0 Å². The van der Waals surface area contributed by atoms with Crippen molar-refractivity contribution < 1.29 is 26.3 Å². The molecule has 0 aliphatic rings. The molecule has 0 N–H and O–H groups in total. The molecular weight excluding hydrogens is 468 g/mol. The average Bonchev–Trinajstić information content (AvgIpc) is 3.13. The fraction of sp³-hybridized carbons (Fsp3) is 0.269. The van der Waals surface area contributed by atoms with Gasteiger partial charge in [0.1, 0.15) is 0 Å². The number of hydrogen-bond donors (Lipinski definition) is 0. The van der Waals surface area contributed by atoms with Gasteiger partial charge >= 0.3 is 12.4 Å². The van der Waals surface area contributed by atoms with Gasteiger partial charge in [0.15, 0.2) is 0 Å². The van der Waals surface area contributed by atoms with E-state index in [0.717, 1.165) is 46.5 Å². The molecule has 0 fully saturated rings. The molecule has 0 radical (unpaired) electrons. The number of benzene rings is 3. The fourth-order valence-corrected chi connectivity index (χ4v) is 4.04. The van der Waals surface area contributed by atoms with Crippen LogP contribution in [0, 0.1) is 6.92 Å². The minimum atomic E-state index is -4.43. The number of rotatable bonds is 6. The highest BCUT2D eigenvalue weighted by molar-refractivity contribution is 5.85. The van der Waals surface area contributed by atoms with E-state index in [9.17, 15) is 26.3 Å². The van der Waals surface area contributed by atoms with Crippen LogP contribution in [0.25, 0.3) is 10.9 Å². The third-order valence-electron chi connectivity index (χ3n) is 5.89. The second kappa shape index (κ2) is 9.28. The molecule has 0 bridgehead atoms. The van der Waals surface area contributed by atoms with Crippen LogP contribution in [0.15, 0.2) is 66.7 Å². The Hall–Kier alpha value is -3.49. The van der Waals surface area contributed by atoms with Gasteiger partial charge in [0.25, 0.3) is 0 Å². The third kappa shape index (κ3) is 5.44. The summed E-state index contributed by atoms with van der Waals surface area (Å²) in [6.07, 6.45) is -8.86. The van der Waals surface area contributed by atoms with Gasteiger partial charge in [-0.15, -0.1) is 0 Å². The third-order valence-corrected chi connectivity index (χ3v) is 5.89. The Labute approximate surface area is 198 Å². The summed E-state index contributed by atoms with van der Waals surface area (Å²) in [5, 5.41) is 5.47. The van der Waals surface area contributed by atoms with E-state index in [1.807, 2.05) is 41.6 Å². The van der Waals surface area contributed by atoms with Crippen molar-refractivity contribution >= 4 is 16.6 Å². The first-order valence-corrected chi connectivity index (χ1v) is 11.0. The lowest BCUT2D eigenvalue weighted by atomic mass is 10.1. The summed E-state index contributed by atoms with van der Waals surface area (Å²) in [7, 11) is 0. The maximum Gasteiger partial charge on any atom is 0.416 e. The number of aryl methyl sites for hydroxylation is 2. The molecule has 35 heavy (non-hydrogen) atoms. The van der Waals surface area contributed by atoms with Crippen LogP contribution in [0.5, 0.6) is 0 Å². The van der Waals surface area contributed by atoms with E-state index in [1.165, 1.54) is 24.3 Å². The molecule has 4 aromatic rings. The summed E-state index contributed by atoms with van der Waals surface area (Å²) in [5.74, 6) is 0. The molecule has 1 heterocycles. The lowest BCUT2D eigenvalue weighted by molar-refractivity contribution is -0.138. The van der Waals surface area contributed by atoms with E-state index in [0.29, 0.717) is 17.7 Å². The summed E-state index contributed by atoms with van der Waals surface area (Å²) in [6.45, 7) is 5.12. The molecule has 9 heteroatoms. The SMILES string of the molecule is CCn1nc(C)c2cc(N(Cc3ccc(C(F)(F)F)cc3)Cc3ccc(C(F)(F)F)cc3)ccc21. The van der Waals surface area contributed by atoms with Gasteiger partial charge in [-0.05, 0) is 67.4 Å². The summed E-state index contributed by atoms with van der Waals surface area (Å²) < 4.78 is 79.7. The van der Waals surface area contributed by atoms with E-state index < -0.39 is 23.5 Å². The van der Waals surface area contributed by atoms with Gasteiger partial charge in [0.05, 0.1) is 22.3 Å². The first kappa shape index (κ1) is 24.6. The van der Waals surface area contributed by atoms with Gasteiger partial charge in [-0.2, -0.15) is 31.4 Å². The van der Waals surface area contributed by atoms with Crippen LogP contribution >= 0.6 is 0 Å². The molecule has 0 atom stereocenters. The van der Waals surface area contributed by atoms with Crippen LogP contribution in [0.4, 0.5) is 32.0 Å². The largest absolute Gasteiger partial charge is 0.416 e. The van der Waals surface area contributed by atoms with E-state index >= 15 is 0 Å². The minimum absolute atomic E-state index is 0.269. The molecule has 4 rings (SSSR count). The highest BCUT2D eigenvalue weighted by Crippen LogP contribution is 2.32. The predicted octanol–water partition coefficient (Wildman–Crippen LogP) is 7.61. The lowest BCUT2D eigenvalue weighted by Crippen LogP contribution is -2.22. The molecule has 0 amide bonds. The van der Waals surface area contributed by atoms with Gasteiger partial charge in [-0.1, -0.05) is 24.3 Å². The van der Waals surface area contributed by atoms with Gasteiger partial charge < -0.3 is 4.90 Å². The standard InChI is InChI=1S/C26H23F6N3/c1-3-35-24-13-12-22(14-23(24)17(2)33-35)34(15-18-4-8-20(9-5-18)25(27,28)29)16-19-6-10-21(11-7-19)26(30,31)32/h4-14H,3,15-16H2,1-2H3. The second-order valence-electron chi connectivity index (χ2n) is 8.35. The zero-order chi connectivity index (χ0) is 25.4. The normalized spacial score (nSPS) is 12.3. The molecule has 0 aliphatic heterocycles. The highest BCUT2D eigenvalue weighted by atomic mass is 19.4. The summed E-state index contributed by atoms with van der Waals surface area (Å²) in [4.78, 5) is 1.92. The van der Waals surface area contributed by atoms with Crippen LogP contribution in [0.2, 0.25) is 0 Å². The number of aromatic nitrogens is 2. The maximum absolute atomic E-state index is 13.0. The fourth-order valence-electron chi connectivity index (χ4n) is 4.04. The van der Waals surface area contributed by atoms with Gasteiger partial charge in [0.2, 0.25) is 0 Å². The first-order chi connectivity index (χ1) is 16.5. The van der Waals surface area contributed by atoms with Crippen LogP contribution in [0.1, 0.15) is 34.9 Å². The van der Waals surface area contributed by atoms with Crippen LogP contribution in [-0.2, 0) is 32.0 Å². The zero-order valence-electron chi connectivity index (χ0n) is 19.1. The number of halogens is 6. The smallest absolute Gasteiger partial charge is 0.363 e. The minimum Gasteiger partial charge on any atom is -0.363 e. The number of anilines is 1. The molecular formula is C26H23F6N3. The van der Waals surface area contributed by atoms with Crippen LogP contribution < -0.4 is 4.90 Å². The maximum atomic E-state index is 13.0. The lowest BCUT2D eigenvalue weighted by Gasteiger charge is -2.26. The van der Waals surface area contributed by atoms with Crippen molar-refractivity contribution in [3.05, 3.63) is 94.7 Å². The molecule has 3 aromatic carbocycles. The van der Waals surface area contributed by atoms with Crippen LogP contribution in [-0.4, -0.2) is 9.78 Å². The molecule has 184 valence electrons. The van der Waals surface area contributed by atoms with Crippen LogP contribution in [0.3, 0.4) is 0 Å². The Morgan fingerprint density at radius 3 is 1.66 bits per heavy atom. The van der Waals surface area contributed by atoms with Crippen molar-refractivity contribution in [1.82, 2.24) is 9.78 Å². The van der Waals surface area contributed by atoms with E-state index in [2.05, 4.69) is 5.10 Å². The Morgan fingerprint density at radius 1 is 0.743 bits per heavy atom. The quantitative estimate of drug-likeness (QED) is 0.259. The van der Waals surface area contributed by atoms with Crippen molar-refractivity contribution in [3.63, 3.8) is 0 Å². The van der Waals surface area contributed by atoms with Crippen molar-refractivity contribution in [2.75, 3.05) is 4.90 Å². The van der Waals surface area contributed by atoms with E-state index in [-0.39, 0.29) is 13.1 Å². The van der Waals surface area contributed by atoms with Gasteiger partial charge in [-0.3, -0.25) is 4.68 Å². The Bertz CT molecular complexity index is 1240. The second-order valence-corrected chi connectivity index (χ2v) is 8.35. The molecule has 0 saturated carbocycles. The molecule has 3 nitrogen and oxygen atoms in total. The molecule has 1 aromatic heterocycles. The van der Waals surface area contributed by atoms with Gasteiger partial charge in [0, 0.05) is 30.7 Å². The van der Waals surface area contributed by atoms with Gasteiger partial charge in [-0.25, -0.2) is 0 Å².